The topological polar surface area (TPSA) is 52.6 Å². The number of carbonyl (C=O) groups excluding carboxylic acids is 2. The number of ketones is 1. The summed E-state index contributed by atoms with van der Waals surface area (Å²) in [5.41, 5.74) is 2.53. The number of hydrogen-bond acceptors (Lipinski definition) is 4. The summed E-state index contributed by atoms with van der Waals surface area (Å²) in [7, 11) is 1.59. The molecule has 0 bridgehead atoms. The SMILES string of the molecule is CCc1ccc(C(=O)[C@H](C)OC(=O)/C=C/c2ccc(OC)cc2)cc1. The zero-order chi connectivity index (χ0) is 18.2. The Morgan fingerprint density at radius 1 is 1.04 bits per heavy atom. The van der Waals surface area contributed by atoms with Gasteiger partial charge in [0, 0.05) is 11.6 Å². The summed E-state index contributed by atoms with van der Waals surface area (Å²) < 4.78 is 10.3. The molecule has 0 saturated carbocycles. The average molecular weight is 338 g/mol. The van der Waals surface area contributed by atoms with Crippen LogP contribution in [-0.4, -0.2) is 25.0 Å². The third-order valence-corrected chi connectivity index (χ3v) is 3.84. The normalized spacial score (nSPS) is 12.0. The van der Waals surface area contributed by atoms with Gasteiger partial charge in [-0.2, -0.15) is 0 Å². The lowest BCUT2D eigenvalue weighted by molar-refractivity contribution is -0.140. The van der Waals surface area contributed by atoms with Crippen molar-refractivity contribution in [1.82, 2.24) is 0 Å². The Bertz CT molecular complexity index is 742. The van der Waals surface area contributed by atoms with Crippen molar-refractivity contribution in [3.8, 4) is 5.75 Å². The molecule has 0 radical (unpaired) electrons. The van der Waals surface area contributed by atoms with Crippen LogP contribution in [0.5, 0.6) is 5.75 Å². The largest absolute Gasteiger partial charge is 0.497 e. The molecule has 2 rings (SSSR count). The second-order valence-electron chi connectivity index (χ2n) is 5.60. The zero-order valence-electron chi connectivity index (χ0n) is 14.7. The second-order valence-corrected chi connectivity index (χ2v) is 5.60. The summed E-state index contributed by atoms with van der Waals surface area (Å²) in [5.74, 6) is -0.0243. The third-order valence-electron chi connectivity index (χ3n) is 3.84. The van der Waals surface area contributed by atoms with E-state index in [0.717, 1.165) is 23.3 Å². The van der Waals surface area contributed by atoms with Gasteiger partial charge in [0.1, 0.15) is 5.75 Å². The van der Waals surface area contributed by atoms with E-state index in [0.29, 0.717) is 5.56 Å². The maximum absolute atomic E-state index is 12.3. The van der Waals surface area contributed by atoms with Gasteiger partial charge in [-0.1, -0.05) is 43.3 Å². The molecule has 0 heterocycles. The van der Waals surface area contributed by atoms with Crippen molar-refractivity contribution in [1.29, 1.82) is 0 Å². The molecule has 1 atom stereocenters. The van der Waals surface area contributed by atoms with Crippen LogP contribution in [0.3, 0.4) is 0 Å². The van der Waals surface area contributed by atoms with Gasteiger partial charge < -0.3 is 9.47 Å². The summed E-state index contributed by atoms with van der Waals surface area (Å²) in [6.07, 6.45) is 3.02. The molecule has 4 heteroatoms. The first kappa shape index (κ1) is 18.5. The third kappa shape index (κ3) is 5.31. The van der Waals surface area contributed by atoms with Crippen molar-refractivity contribution in [2.75, 3.05) is 7.11 Å². The zero-order valence-corrected chi connectivity index (χ0v) is 14.7. The molecule has 2 aromatic rings. The number of methoxy groups -OCH3 is 1. The minimum Gasteiger partial charge on any atom is -0.497 e. The second kappa shape index (κ2) is 8.83. The lowest BCUT2D eigenvalue weighted by atomic mass is 10.0. The Kier molecular flexibility index (Phi) is 6.52. The molecular formula is C21H22O4. The molecule has 0 saturated heterocycles. The Labute approximate surface area is 148 Å². The monoisotopic (exact) mass is 338 g/mol. The maximum Gasteiger partial charge on any atom is 0.331 e. The van der Waals surface area contributed by atoms with Gasteiger partial charge >= 0.3 is 5.97 Å². The highest BCUT2D eigenvalue weighted by Crippen LogP contribution is 2.13. The molecule has 0 aliphatic heterocycles. The maximum atomic E-state index is 12.3. The lowest BCUT2D eigenvalue weighted by Gasteiger charge is -2.11. The fourth-order valence-corrected chi connectivity index (χ4v) is 2.29. The lowest BCUT2D eigenvalue weighted by Crippen LogP contribution is -2.23. The number of Topliss-reactive ketones (excluding diaryl/α,β-unsaturated/α-hetero) is 1. The Morgan fingerprint density at radius 3 is 2.24 bits per heavy atom. The Balaban J connectivity index is 1.93. The van der Waals surface area contributed by atoms with E-state index in [1.54, 1.807) is 44.4 Å². The highest BCUT2D eigenvalue weighted by molar-refractivity contribution is 6.01. The van der Waals surface area contributed by atoms with Crippen molar-refractivity contribution >= 4 is 17.8 Å². The molecule has 0 aromatic heterocycles. The molecule has 0 N–H and O–H groups in total. The predicted octanol–water partition coefficient (Wildman–Crippen LogP) is 4.09. The van der Waals surface area contributed by atoms with Crippen LogP contribution < -0.4 is 4.74 Å². The van der Waals surface area contributed by atoms with Gasteiger partial charge in [-0.3, -0.25) is 4.79 Å². The van der Waals surface area contributed by atoms with Crippen LogP contribution in [0, 0.1) is 0 Å². The van der Waals surface area contributed by atoms with Gasteiger partial charge in [0.2, 0.25) is 5.78 Å². The van der Waals surface area contributed by atoms with E-state index in [1.807, 2.05) is 24.3 Å². The van der Waals surface area contributed by atoms with Crippen molar-refractivity contribution < 1.29 is 19.1 Å². The van der Waals surface area contributed by atoms with Gasteiger partial charge in [-0.15, -0.1) is 0 Å². The van der Waals surface area contributed by atoms with Crippen LogP contribution in [0.15, 0.2) is 54.6 Å². The van der Waals surface area contributed by atoms with Crippen LogP contribution in [0.1, 0.15) is 35.3 Å². The molecule has 2 aromatic carbocycles. The van der Waals surface area contributed by atoms with Crippen LogP contribution >= 0.6 is 0 Å². The first-order chi connectivity index (χ1) is 12.0. The molecule has 0 aliphatic carbocycles. The summed E-state index contributed by atoms with van der Waals surface area (Å²) in [6, 6.07) is 14.6. The summed E-state index contributed by atoms with van der Waals surface area (Å²) in [6.45, 7) is 3.63. The van der Waals surface area contributed by atoms with Crippen LogP contribution in [0.2, 0.25) is 0 Å². The van der Waals surface area contributed by atoms with E-state index in [4.69, 9.17) is 9.47 Å². The summed E-state index contributed by atoms with van der Waals surface area (Å²) in [4.78, 5) is 24.2. The molecule has 0 spiro atoms. The molecule has 0 unspecified atom stereocenters. The number of rotatable bonds is 7. The first-order valence-electron chi connectivity index (χ1n) is 8.19. The number of ether oxygens (including phenoxy) is 2. The summed E-state index contributed by atoms with van der Waals surface area (Å²) in [5, 5.41) is 0. The number of hydrogen-bond donors (Lipinski definition) is 0. The smallest absolute Gasteiger partial charge is 0.331 e. The van der Waals surface area contributed by atoms with Crippen molar-refractivity contribution in [2.45, 2.75) is 26.4 Å². The van der Waals surface area contributed by atoms with Gasteiger partial charge in [0.15, 0.2) is 6.10 Å². The highest BCUT2D eigenvalue weighted by atomic mass is 16.5. The fourth-order valence-electron chi connectivity index (χ4n) is 2.29. The standard InChI is InChI=1S/C21H22O4/c1-4-16-5-10-18(11-6-16)21(23)15(2)25-20(22)14-9-17-7-12-19(24-3)13-8-17/h5-15H,4H2,1-3H3/b14-9+/t15-/m0/s1. The molecule has 130 valence electrons. The number of aryl methyl sites for hydroxylation is 1. The highest BCUT2D eigenvalue weighted by Gasteiger charge is 2.18. The van der Waals surface area contributed by atoms with Crippen LogP contribution in [0.4, 0.5) is 0 Å². The Morgan fingerprint density at radius 2 is 1.68 bits per heavy atom. The minimum absolute atomic E-state index is 0.214. The van der Waals surface area contributed by atoms with Crippen LogP contribution in [-0.2, 0) is 16.0 Å². The van der Waals surface area contributed by atoms with E-state index >= 15 is 0 Å². The molecular weight excluding hydrogens is 316 g/mol. The van der Waals surface area contributed by atoms with Crippen molar-refractivity contribution in [3.05, 3.63) is 71.3 Å². The van der Waals surface area contributed by atoms with Crippen molar-refractivity contribution in [3.63, 3.8) is 0 Å². The van der Waals surface area contributed by atoms with E-state index in [2.05, 4.69) is 6.92 Å². The molecule has 0 amide bonds. The molecule has 0 aliphatic rings. The van der Waals surface area contributed by atoms with E-state index in [-0.39, 0.29) is 5.78 Å². The van der Waals surface area contributed by atoms with Gasteiger partial charge in [0.25, 0.3) is 0 Å². The minimum atomic E-state index is -0.833. The van der Waals surface area contributed by atoms with Gasteiger partial charge in [-0.05, 0) is 42.7 Å². The quantitative estimate of drug-likeness (QED) is 0.433. The number of carbonyl (C=O) groups is 2. The number of benzene rings is 2. The van der Waals surface area contributed by atoms with E-state index < -0.39 is 12.1 Å². The number of esters is 1. The first-order valence-corrected chi connectivity index (χ1v) is 8.19. The van der Waals surface area contributed by atoms with E-state index in [1.165, 1.54) is 6.08 Å². The van der Waals surface area contributed by atoms with Crippen molar-refractivity contribution in [2.24, 2.45) is 0 Å². The van der Waals surface area contributed by atoms with Gasteiger partial charge in [-0.25, -0.2) is 4.79 Å². The average Bonchev–Trinajstić information content (AvgIpc) is 2.66. The van der Waals surface area contributed by atoms with E-state index in [9.17, 15) is 9.59 Å². The molecule has 0 fully saturated rings. The Hall–Kier alpha value is -2.88. The fraction of sp³-hybridized carbons (Fsp3) is 0.238. The van der Waals surface area contributed by atoms with Crippen LogP contribution in [0.25, 0.3) is 6.08 Å². The summed E-state index contributed by atoms with van der Waals surface area (Å²) >= 11 is 0. The van der Waals surface area contributed by atoms with Gasteiger partial charge in [0.05, 0.1) is 7.11 Å². The molecule has 25 heavy (non-hydrogen) atoms. The molecule has 4 nitrogen and oxygen atoms in total. The predicted molar refractivity (Wildman–Crippen MR) is 97.7 cm³/mol.